The van der Waals surface area contributed by atoms with Gasteiger partial charge in [-0.05, 0) is 18.1 Å². The van der Waals surface area contributed by atoms with Crippen LogP contribution < -0.4 is 4.74 Å². The van der Waals surface area contributed by atoms with Crippen molar-refractivity contribution in [3.05, 3.63) is 65.7 Å². The molecule has 1 aliphatic heterocycles. The maximum absolute atomic E-state index is 12.6. The number of ether oxygens (including phenoxy) is 1. The Labute approximate surface area is 154 Å². The predicted octanol–water partition coefficient (Wildman–Crippen LogP) is 5.03. The van der Waals surface area contributed by atoms with Crippen LogP contribution in [0.5, 0.6) is 5.75 Å². The minimum absolute atomic E-state index is 0.0660. The van der Waals surface area contributed by atoms with Crippen LogP contribution in [0.15, 0.2) is 54.6 Å². The number of para-hydroxylation sites is 1. The van der Waals surface area contributed by atoms with Crippen LogP contribution in [-0.2, 0) is 11.4 Å². The van der Waals surface area contributed by atoms with Crippen LogP contribution in [0.25, 0.3) is 0 Å². The summed E-state index contributed by atoms with van der Waals surface area (Å²) in [5.41, 5.74) is 2.25. The fraction of sp³-hybridized carbons (Fsp3) is 0.381. The Hall–Kier alpha value is -1.94. The third kappa shape index (κ3) is 4.57. The highest BCUT2D eigenvalue weighted by molar-refractivity contribution is 7.99. The van der Waals surface area contributed by atoms with Gasteiger partial charge in [0, 0.05) is 24.3 Å². The van der Waals surface area contributed by atoms with Crippen molar-refractivity contribution >= 4 is 17.7 Å². The molecule has 0 saturated carbocycles. The van der Waals surface area contributed by atoms with Gasteiger partial charge in [0.15, 0.2) is 0 Å². The van der Waals surface area contributed by atoms with Crippen LogP contribution >= 0.6 is 11.8 Å². The standard InChI is InChI=1S/C21H25NO2S/c1-2-3-13-20(23)22-14-15-25-21(22)18-11-7-8-12-19(18)24-16-17-9-5-4-6-10-17/h4-12,21H,2-3,13-16H2,1H3. The number of amides is 1. The van der Waals surface area contributed by atoms with E-state index in [-0.39, 0.29) is 11.3 Å². The summed E-state index contributed by atoms with van der Waals surface area (Å²) in [5.74, 6) is 2.11. The molecule has 1 heterocycles. The maximum atomic E-state index is 12.6. The Morgan fingerprint density at radius 3 is 2.72 bits per heavy atom. The highest BCUT2D eigenvalue weighted by Crippen LogP contribution is 2.42. The smallest absolute Gasteiger partial charge is 0.223 e. The van der Waals surface area contributed by atoms with E-state index >= 15 is 0 Å². The summed E-state index contributed by atoms with van der Waals surface area (Å²) >= 11 is 1.83. The second-order valence-electron chi connectivity index (χ2n) is 6.23. The van der Waals surface area contributed by atoms with E-state index in [1.165, 1.54) is 0 Å². The minimum atomic E-state index is 0.0660. The molecule has 0 bridgehead atoms. The molecule has 1 saturated heterocycles. The molecule has 1 atom stereocenters. The summed E-state index contributed by atoms with van der Waals surface area (Å²) in [6.45, 7) is 3.49. The topological polar surface area (TPSA) is 29.5 Å². The van der Waals surface area contributed by atoms with Gasteiger partial charge in [-0.15, -0.1) is 11.8 Å². The molecule has 0 aromatic heterocycles. The number of thioether (sulfide) groups is 1. The number of benzene rings is 2. The monoisotopic (exact) mass is 355 g/mol. The van der Waals surface area contributed by atoms with Crippen molar-refractivity contribution in [2.45, 2.75) is 38.2 Å². The molecule has 3 rings (SSSR count). The van der Waals surface area contributed by atoms with E-state index in [0.29, 0.717) is 13.0 Å². The summed E-state index contributed by atoms with van der Waals surface area (Å²) in [6.07, 6.45) is 2.65. The third-order valence-electron chi connectivity index (χ3n) is 4.38. The first kappa shape index (κ1) is 17.9. The summed E-state index contributed by atoms with van der Waals surface area (Å²) < 4.78 is 6.09. The first-order chi connectivity index (χ1) is 12.3. The molecule has 1 aliphatic rings. The second kappa shape index (κ2) is 8.95. The van der Waals surface area contributed by atoms with Crippen molar-refractivity contribution in [2.75, 3.05) is 12.3 Å². The number of carbonyl (C=O) groups is 1. The number of carbonyl (C=O) groups excluding carboxylic acids is 1. The van der Waals surface area contributed by atoms with Gasteiger partial charge in [-0.2, -0.15) is 0 Å². The molecule has 0 radical (unpaired) electrons. The molecule has 1 fully saturated rings. The minimum Gasteiger partial charge on any atom is -0.489 e. The fourth-order valence-corrected chi connectivity index (χ4v) is 4.31. The summed E-state index contributed by atoms with van der Waals surface area (Å²) in [6, 6.07) is 18.3. The van der Waals surface area contributed by atoms with E-state index in [1.807, 2.05) is 53.1 Å². The first-order valence-corrected chi connectivity index (χ1v) is 10.0. The van der Waals surface area contributed by atoms with Gasteiger partial charge in [0.1, 0.15) is 17.7 Å². The van der Waals surface area contributed by atoms with Gasteiger partial charge in [-0.25, -0.2) is 0 Å². The molecule has 25 heavy (non-hydrogen) atoms. The molecule has 3 nitrogen and oxygen atoms in total. The summed E-state index contributed by atoms with van der Waals surface area (Å²) in [5, 5.41) is 0.0660. The SMILES string of the molecule is CCCCC(=O)N1CCSC1c1ccccc1OCc1ccccc1. The highest BCUT2D eigenvalue weighted by Gasteiger charge is 2.31. The summed E-state index contributed by atoms with van der Waals surface area (Å²) in [4.78, 5) is 14.6. The lowest BCUT2D eigenvalue weighted by Gasteiger charge is -2.26. The molecule has 4 heteroatoms. The predicted molar refractivity (Wildman–Crippen MR) is 104 cm³/mol. The fourth-order valence-electron chi connectivity index (χ4n) is 3.01. The van der Waals surface area contributed by atoms with Gasteiger partial charge in [-0.1, -0.05) is 61.9 Å². The van der Waals surface area contributed by atoms with Gasteiger partial charge in [0.2, 0.25) is 5.91 Å². The molecule has 2 aromatic rings. The second-order valence-corrected chi connectivity index (χ2v) is 7.41. The molecular formula is C21H25NO2S. The van der Waals surface area contributed by atoms with Crippen molar-refractivity contribution in [3.63, 3.8) is 0 Å². The van der Waals surface area contributed by atoms with Gasteiger partial charge in [0.05, 0.1) is 0 Å². The lowest BCUT2D eigenvalue weighted by atomic mass is 10.1. The Bertz CT molecular complexity index is 689. The van der Waals surface area contributed by atoms with Gasteiger partial charge >= 0.3 is 0 Å². The lowest BCUT2D eigenvalue weighted by Crippen LogP contribution is -2.30. The van der Waals surface area contributed by atoms with E-state index < -0.39 is 0 Å². The Morgan fingerprint density at radius 1 is 1.16 bits per heavy atom. The number of hydrogen-bond acceptors (Lipinski definition) is 3. The maximum Gasteiger partial charge on any atom is 0.223 e. The lowest BCUT2D eigenvalue weighted by molar-refractivity contribution is -0.131. The Balaban J connectivity index is 1.74. The zero-order chi connectivity index (χ0) is 17.5. The van der Waals surface area contributed by atoms with E-state index in [0.717, 1.165) is 42.0 Å². The van der Waals surface area contributed by atoms with Gasteiger partial charge in [0.25, 0.3) is 0 Å². The Kier molecular flexibility index (Phi) is 6.40. The number of unbranched alkanes of at least 4 members (excludes halogenated alkanes) is 1. The molecule has 0 N–H and O–H groups in total. The van der Waals surface area contributed by atoms with Crippen LogP contribution in [0.2, 0.25) is 0 Å². The number of rotatable bonds is 7. The van der Waals surface area contributed by atoms with Gasteiger partial charge in [-0.3, -0.25) is 4.79 Å². The van der Waals surface area contributed by atoms with Gasteiger partial charge < -0.3 is 9.64 Å². The normalized spacial score (nSPS) is 16.8. The van der Waals surface area contributed by atoms with E-state index in [9.17, 15) is 4.79 Å². The highest BCUT2D eigenvalue weighted by atomic mass is 32.2. The van der Waals surface area contributed by atoms with Crippen LogP contribution in [0.4, 0.5) is 0 Å². The zero-order valence-corrected chi connectivity index (χ0v) is 15.5. The largest absolute Gasteiger partial charge is 0.489 e. The van der Waals surface area contributed by atoms with Crippen LogP contribution in [0.1, 0.15) is 42.7 Å². The van der Waals surface area contributed by atoms with E-state index in [1.54, 1.807) is 0 Å². The zero-order valence-electron chi connectivity index (χ0n) is 14.7. The molecule has 0 aliphatic carbocycles. The Morgan fingerprint density at radius 2 is 1.92 bits per heavy atom. The van der Waals surface area contributed by atoms with E-state index in [2.05, 4.69) is 25.1 Å². The van der Waals surface area contributed by atoms with Crippen LogP contribution in [-0.4, -0.2) is 23.1 Å². The molecule has 0 spiro atoms. The van der Waals surface area contributed by atoms with Crippen molar-refractivity contribution in [3.8, 4) is 5.75 Å². The molecule has 132 valence electrons. The average Bonchev–Trinajstić information content (AvgIpc) is 3.15. The molecule has 1 amide bonds. The summed E-state index contributed by atoms with van der Waals surface area (Å²) in [7, 11) is 0. The number of nitrogens with zero attached hydrogens (tertiary/aromatic N) is 1. The van der Waals surface area contributed by atoms with Crippen molar-refractivity contribution in [1.29, 1.82) is 0 Å². The molecule has 1 unspecified atom stereocenters. The molecular weight excluding hydrogens is 330 g/mol. The van der Waals surface area contributed by atoms with Crippen molar-refractivity contribution < 1.29 is 9.53 Å². The van der Waals surface area contributed by atoms with Crippen molar-refractivity contribution in [1.82, 2.24) is 4.90 Å². The number of hydrogen-bond donors (Lipinski definition) is 0. The van der Waals surface area contributed by atoms with E-state index in [4.69, 9.17) is 4.74 Å². The third-order valence-corrected chi connectivity index (χ3v) is 5.62. The van der Waals surface area contributed by atoms with Crippen LogP contribution in [0.3, 0.4) is 0 Å². The molecule has 2 aromatic carbocycles. The first-order valence-electron chi connectivity index (χ1n) is 8.96. The van der Waals surface area contributed by atoms with Crippen molar-refractivity contribution in [2.24, 2.45) is 0 Å². The van der Waals surface area contributed by atoms with Crippen LogP contribution in [0, 0.1) is 0 Å². The quantitative estimate of drug-likeness (QED) is 0.698. The average molecular weight is 356 g/mol.